The molecule has 1 fully saturated rings. The molecule has 0 bridgehead atoms. The van der Waals surface area contributed by atoms with Gasteiger partial charge in [0.15, 0.2) is 0 Å². The van der Waals surface area contributed by atoms with Crippen LogP contribution in [0.25, 0.3) is 0 Å². The number of benzene rings is 4. The van der Waals surface area contributed by atoms with Crippen LogP contribution in [0.1, 0.15) is 72.7 Å². The number of rotatable bonds is 17. The molecule has 0 aliphatic heterocycles. The van der Waals surface area contributed by atoms with Gasteiger partial charge in [-0.15, -0.1) is 0 Å². The number of amides is 4. The summed E-state index contributed by atoms with van der Waals surface area (Å²) in [5, 5.41) is 19.4. The van der Waals surface area contributed by atoms with Gasteiger partial charge in [-0.3, -0.25) is 19.2 Å². The van der Waals surface area contributed by atoms with Crippen LogP contribution in [0.2, 0.25) is 0 Å². The zero-order valence-corrected chi connectivity index (χ0v) is 35.3. The number of anilines is 8. The highest BCUT2D eigenvalue weighted by Crippen LogP contribution is 2.55. The number of nitriles is 1. The van der Waals surface area contributed by atoms with Crippen LogP contribution in [-0.2, 0) is 24.6 Å². The maximum absolute atomic E-state index is 17.0. The van der Waals surface area contributed by atoms with Crippen molar-refractivity contribution in [2.24, 2.45) is 11.5 Å². The molecule has 0 spiro atoms. The maximum Gasteiger partial charge on any atom is 0.247 e. The molecular formula is C44H59N15O4. The number of nitrogens with zero attached hydrogens (tertiary/aromatic N) is 2. The summed E-state index contributed by atoms with van der Waals surface area (Å²) in [5.41, 5.74) is 62.1. The Bertz CT molecular complexity index is 2380. The van der Waals surface area contributed by atoms with Crippen LogP contribution >= 0.6 is 0 Å². The summed E-state index contributed by atoms with van der Waals surface area (Å²) >= 11 is 0. The normalized spacial score (nSPS) is 15.5. The third-order valence-corrected chi connectivity index (χ3v) is 11.4. The van der Waals surface area contributed by atoms with Gasteiger partial charge in [-0.05, 0) is 85.0 Å². The van der Waals surface area contributed by atoms with E-state index in [0.29, 0.717) is 12.8 Å². The molecule has 4 aromatic rings. The van der Waals surface area contributed by atoms with Gasteiger partial charge in [-0.25, -0.2) is 0 Å². The third-order valence-electron chi connectivity index (χ3n) is 11.4. The van der Waals surface area contributed by atoms with Gasteiger partial charge in [-0.1, -0.05) is 37.1 Å². The SMILES string of the molecule is CC(N)CNC(=O)C(c1ccc(N)cc1N)C(C(=O)N(CC#N)C(C(=O)NC1CCCC1)c1ccc(N)cc1N)(c1ccc(N)cc1N)C(C(=O)NCCN)c1ccc(N)cc1N. The molecule has 0 heterocycles. The minimum Gasteiger partial charge on any atom is -0.399 e. The number of carbonyl (C=O) groups excluding carboxylic acids is 4. The lowest BCUT2D eigenvalue weighted by Gasteiger charge is -2.48. The number of carbonyl (C=O) groups is 4. The molecule has 1 aliphatic carbocycles. The van der Waals surface area contributed by atoms with Crippen molar-refractivity contribution >= 4 is 69.1 Å². The first kappa shape index (κ1) is 46.6. The smallest absolute Gasteiger partial charge is 0.247 e. The highest BCUT2D eigenvalue weighted by atomic mass is 16.2. The summed E-state index contributed by atoms with van der Waals surface area (Å²) in [6, 6.07) is 16.7. The fourth-order valence-corrected chi connectivity index (χ4v) is 8.60. The Kier molecular flexibility index (Phi) is 14.8. The van der Waals surface area contributed by atoms with Crippen molar-refractivity contribution < 1.29 is 19.2 Å². The van der Waals surface area contributed by atoms with E-state index in [2.05, 4.69) is 16.0 Å². The zero-order chi connectivity index (χ0) is 46.2. The van der Waals surface area contributed by atoms with Crippen LogP contribution < -0.4 is 73.3 Å². The molecule has 334 valence electrons. The van der Waals surface area contributed by atoms with Crippen LogP contribution in [-0.4, -0.2) is 66.8 Å². The van der Waals surface area contributed by atoms with E-state index < -0.39 is 59.5 Å². The molecule has 5 atom stereocenters. The van der Waals surface area contributed by atoms with Gasteiger partial charge < -0.3 is 78.2 Å². The lowest BCUT2D eigenvalue weighted by molar-refractivity contribution is -0.150. The van der Waals surface area contributed by atoms with Crippen LogP contribution in [0.4, 0.5) is 45.5 Å². The first-order valence-corrected chi connectivity index (χ1v) is 20.6. The Hall–Kier alpha value is -7.43. The molecular weight excluding hydrogens is 803 g/mol. The predicted molar refractivity (Wildman–Crippen MR) is 247 cm³/mol. The summed E-state index contributed by atoms with van der Waals surface area (Å²) in [4.78, 5) is 63.9. The molecule has 4 amide bonds. The van der Waals surface area contributed by atoms with Crippen molar-refractivity contribution in [2.75, 3.05) is 72.0 Å². The molecule has 0 aromatic heterocycles. The second-order valence-corrected chi connectivity index (χ2v) is 16.0. The molecule has 0 saturated heterocycles. The number of hydrogen-bond donors (Lipinski definition) is 13. The van der Waals surface area contributed by atoms with E-state index >= 15 is 14.4 Å². The quantitative estimate of drug-likeness (QED) is 0.0517. The number of nitrogens with two attached hydrogens (primary N) is 10. The molecule has 19 nitrogen and oxygen atoms in total. The van der Waals surface area contributed by atoms with Crippen molar-refractivity contribution in [2.45, 2.75) is 68.0 Å². The van der Waals surface area contributed by atoms with Crippen molar-refractivity contribution in [1.29, 1.82) is 5.26 Å². The van der Waals surface area contributed by atoms with Crippen LogP contribution in [0.3, 0.4) is 0 Å². The van der Waals surface area contributed by atoms with Crippen molar-refractivity contribution in [3.8, 4) is 6.07 Å². The average Bonchev–Trinajstić information content (AvgIpc) is 3.73. The van der Waals surface area contributed by atoms with Gasteiger partial charge in [0, 0.05) is 82.8 Å². The Morgan fingerprint density at radius 2 is 1.16 bits per heavy atom. The Balaban J connectivity index is 2.06. The van der Waals surface area contributed by atoms with E-state index in [1.165, 1.54) is 72.8 Å². The van der Waals surface area contributed by atoms with E-state index in [9.17, 15) is 10.1 Å². The maximum atomic E-state index is 17.0. The van der Waals surface area contributed by atoms with E-state index in [1.807, 2.05) is 6.07 Å². The molecule has 0 radical (unpaired) electrons. The number of nitrogen functional groups attached to an aromatic ring is 8. The standard InChI is InChI=1S/C44H59N15O4/c1-23(47)22-57-41(61)38(30-11-7-25(49)19-34(30)53)44(32-13-9-27(51)21-36(32)55,37(40(60)56-16-14-45)29-10-6-24(48)18-33(29)52)43(63)59(17-15-46)39(31-12-8-26(50)20-35(31)54)42(62)58-28-4-2-3-5-28/h6-13,18-21,23,28,37-39H,2-5,14,16-17,22,45,47-55H2,1H3,(H,56,60)(H,57,61)(H,58,62). The van der Waals surface area contributed by atoms with Crippen molar-refractivity contribution in [3.63, 3.8) is 0 Å². The first-order chi connectivity index (χ1) is 29.9. The average molecular weight is 862 g/mol. The minimum absolute atomic E-state index is 0.0115. The van der Waals surface area contributed by atoms with Crippen LogP contribution in [0.15, 0.2) is 72.8 Å². The highest BCUT2D eigenvalue weighted by Gasteiger charge is 2.62. The van der Waals surface area contributed by atoms with E-state index in [0.717, 1.165) is 17.7 Å². The van der Waals surface area contributed by atoms with Gasteiger partial charge >= 0.3 is 0 Å². The molecule has 5 unspecified atom stereocenters. The fraction of sp³-hybridized carbons (Fsp3) is 0.341. The number of hydrogen-bond acceptors (Lipinski definition) is 15. The Morgan fingerprint density at radius 3 is 1.60 bits per heavy atom. The van der Waals surface area contributed by atoms with Gasteiger partial charge in [0.05, 0.1) is 17.9 Å². The first-order valence-electron chi connectivity index (χ1n) is 20.6. The van der Waals surface area contributed by atoms with Gasteiger partial charge in [-0.2, -0.15) is 5.26 Å². The molecule has 19 heteroatoms. The number of nitrogens with one attached hydrogen (secondary N) is 3. The van der Waals surface area contributed by atoms with Crippen LogP contribution in [0.5, 0.6) is 0 Å². The van der Waals surface area contributed by atoms with E-state index in [1.54, 1.807) is 6.92 Å². The molecule has 23 N–H and O–H groups in total. The Morgan fingerprint density at radius 1 is 0.698 bits per heavy atom. The zero-order valence-electron chi connectivity index (χ0n) is 35.3. The minimum atomic E-state index is -2.65. The topological polar surface area (TPSA) is 392 Å². The predicted octanol–water partition coefficient (Wildman–Crippen LogP) is 0.840. The van der Waals surface area contributed by atoms with Crippen molar-refractivity contribution in [1.82, 2.24) is 20.9 Å². The largest absolute Gasteiger partial charge is 0.399 e. The van der Waals surface area contributed by atoms with Gasteiger partial charge in [0.2, 0.25) is 23.6 Å². The van der Waals surface area contributed by atoms with Gasteiger partial charge in [0.25, 0.3) is 0 Å². The van der Waals surface area contributed by atoms with E-state index in [4.69, 9.17) is 57.3 Å². The summed E-state index contributed by atoms with van der Waals surface area (Å²) in [6.45, 7) is 0.607. The summed E-state index contributed by atoms with van der Waals surface area (Å²) < 4.78 is 0. The Labute approximate surface area is 366 Å². The lowest BCUT2D eigenvalue weighted by Crippen LogP contribution is -2.62. The van der Waals surface area contributed by atoms with E-state index in [-0.39, 0.29) is 93.4 Å². The lowest BCUT2D eigenvalue weighted by atomic mass is 9.56. The second kappa shape index (κ2) is 20.0. The summed E-state index contributed by atoms with van der Waals surface area (Å²) in [7, 11) is 0. The highest BCUT2D eigenvalue weighted by molar-refractivity contribution is 6.08. The third kappa shape index (κ3) is 9.88. The monoisotopic (exact) mass is 861 g/mol. The summed E-state index contributed by atoms with van der Waals surface area (Å²) in [5.74, 6) is -7.21. The van der Waals surface area contributed by atoms with Crippen molar-refractivity contribution in [3.05, 3.63) is 95.1 Å². The second-order valence-electron chi connectivity index (χ2n) is 16.0. The molecule has 63 heavy (non-hydrogen) atoms. The molecule has 1 saturated carbocycles. The molecule has 1 aliphatic rings. The van der Waals surface area contributed by atoms with Gasteiger partial charge in [0.1, 0.15) is 18.0 Å². The molecule has 4 aromatic carbocycles. The summed E-state index contributed by atoms with van der Waals surface area (Å²) in [6.07, 6.45) is 3.02. The fourth-order valence-electron chi connectivity index (χ4n) is 8.60. The van der Waals surface area contributed by atoms with Crippen LogP contribution in [0, 0.1) is 11.3 Å². The molecule has 5 rings (SSSR count).